The summed E-state index contributed by atoms with van der Waals surface area (Å²) in [5, 5.41) is 4.72. The largest absolute Gasteiger partial charge is 0.364 e. The number of aromatic nitrogens is 1. The Bertz CT molecular complexity index is 1130. The average molecular weight is 391 g/mol. The van der Waals surface area contributed by atoms with E-state index in [1.165, 1.54) is 11.8 Å². The van der Waals surface area contributed by atoms with Gasteiger partial charge in [-0.3, -0.25) is 14.8 Å². The number of fused-ring (bicyclic) bond motifs is 1. The molecule has 6 nitrogen and oxygen atoms in total. The highest BCUT2D eigenvalue weighted by molar-refractivity contribution is 6.01. The zero-order chi connectivity index (χ0) is 20.5. The van der Waals surface area contributed by atoms with Crippen molar-refractivity contribution < 1.29 is 9.18 Å². The number of hydrazine groups is 2. The molecule has 29 heavy (non-hydrogen) atoms. The van der Waals surface area contributed by atoms with Gasteiger partial charge in [-0.2, -0.15) is 0 Å². The van der Waals surface area contributed by atoms with Gasteiger partial charge in [0.1, 0.15) is 11.5 Å². The maximum atomic E-state index is 14.4. The standard InChI is InChI=1S/C22H22FN5O/c1-3-15-13-28(26-27(15)2)12-14-8-9-17-18(16-6-4-5-7-19(16)23)11-21(22(24)29)25-20(17)10-14/h4-11,13,26H,3,12H2,1-2H3,(H2,24,29). The summed E-state index contributed by atoms with van der Waals surface area (Å²) >= 11 is 0. The maximum absolute atomic E-state index is 14.4. The van der Waals surface area contributed by atoms with Crippen molar-refractivity contribution in [3.8, 4) is 11.1 Å². The fourth-order valence-electron chi connectivity index (χ4n) is 3.56. The Hall–Kier alpha value is -3.45. The molecule has 0 saturated heterocycles. The summed E-state index contributed by atoms with van der Waals surface area (Å²) in [7, 11) is 1.97. The van der Waals surface area contributed by atoms with Crippen molar-refractivity contribution in [2.45, 2.75) is 19.9 Å². The summed E-state index contributed by atoms with van der Waals surface area (Å²) < 4.78 is 14.4. The Morgan fingerprint density at radius 2 is 1.97 bits per heavy atom. The van der Waals surface area contributed by atoms with Gasteiger partial charge in [0.05, 0.1) is 12.1 Å². The van der Waals surface area contributed by atoms with E-state index < -0.39 is 5.91 Å². The number of rotatable bonds is 5. The Kier molecular flexibility index (Phi) is 4.90. The molecule has 1 aliphatic heterocycles. The van der Waals surface area contributed by atoms with Crippen molar-refractivity contribution >= 4 is 16.8 Å². The molecule has 0 bridgehead atoms. The number of carbonyl (C=O) groups excluding carboxylic acids is 1. The molecule has 1 amide bonds. The molecular weight excluding hydrogens is 369 g/mol. The lowest BCUT2D eigenvalue weighted by atomic mass is 9.98. The van der Waals surface area contributed by atoms with Gasteiger partial charge in [0, 0.05) is 29.9 Å². The van der Waals surface area contributed by atoms with Gasteiger partial charge in [0.25, 0.3) is 5.91 Å². The number of carbonyl (C=O) groups is 1. The first-order valence-corrected chi connectivity index (χ1v) is 9.42. The van der Waals surface area contributed by atoms with Crippen molar-refractivity contribution in [3.63, 3.8) is 0 Å². The Balaban J connectivity index is 1.78. The second kappa shape index (κ2) is 7.52. The number of primary amides is 1. The number of hydrogen-bond acceptors (Lipinski definition) is 5. The number of nitrogens with one attached hydrogen (secondary N) is 1. The number of halogens is 1. The number of benzene rings is 2. The van der Waals surface area contributed by atoms with E-state index in [1.807, 2.05) is 35.3 Å². The smallest absolute Gasteiger partial charge is 0.267 e. The number of amides is 1. The molecule has 2 aromatic carbocycles. The minimum atomic E-state index is -0.645. The first kappa shape index (κ1) is 18.9. The van der Waals surface area contributed by atoms with Crippen LogP contribution in [0.15, 0.2) is 60.4 Å². The lowest BCUT2D eigenvalue weighted by molar-refractivity contribution is 0.0996. The van der Waals surface area contributed by atoms with Crippen molar-refractivity contribution in [1.82, 2.24) is 20.5 Å². The molecule has 1 aliphatic rings. The SMILES string of the molecule is CCC1=CN(Cc2ccc3c(-c4ccccc4F)cc(C(N)=O)nc3c2)NN1C. The van der Waals surface area contributed by atoms with Gasteiger partial charge in [0.2, 0.25) is 0 Å². The van der Waals surface area contributed by atoms with Gasteiger partial charge >= 0.3 is 0 Å². The van der Waals surface area contributed by atoms with E-state index in [2.05, 4.69) is 23.6 Å². The first-order valence-electron chi connectivity index (χ1n) is 9.42. The summed E-state index contributed by atoms with van der Waals surface area (Å²) in [5.74, 6) is -1.01. The predicted molar refractivity (Wildman–Crippen MR) is 110 cm³/mol. The molecule has 0 spiro atoms. The number of hydrogen-bond donors (Lipinski definition) is 2. The number of nitrogens with two attached hydrogens (primary N) is 1. The molecule has 0 atom stereocenters. The molecule has 0 fully saturated rings. The van der Waals surface area contributed by atoms with Crippen molar-refractivity contribution in [1.29, 1.82) is 0 Å². The minimum Gasteiger partial charge on any atom is -0.364 e. The van der Waals surface area contributed by atoms with Gasteiger partial charge in [0.15, 0.2) is 0 Å². The second-order valence-corrected chi connectivity index (χ2v) is 7.01. The summed E-state index contributed by atoms with van der Waals surface area (Å²) in [4.78, 5) is 16.2. The zero-order valence-corrected chi connectivity index (χ0v) is 16.3. The van der Waals surface area contributed by atoms with Crippen LogP contribution in [0.3, 0.4) is 0 Å². The van der Waals surface area contributed by atoms with Gasteiger partial charge in [-0.25, -0.2) is 9.37 Å². The lowest BCUT2D eigenvalue weighted by Gasteiger charge is -2.21. The van der Waals surface area contributed by atoms with Crippen LogP contribution in [-0.2, 0) is 6.54 Å². The maximum Gasteiger partial charge on any atom is 0.267 e. The topological polar surface area (TPSA) is 74.5 Å². The molecule has 0 aliphatic carbocycles. The monoisotopic (exact) mass is 391 g/mol. The minimum absolute atomic E-state index is 0.111. The summed E-state index contributed by atoms with van der Waals surface area (Å²) in [5.41, 5.74) is 12.6. The number of pyridine rings is 1. The van der Waals surface area contributed by atoms with E-state index in [0.717, 1.165) is 17.4 Å². The average Bonchev–Trinajstić information content (AvgIpc) is 3.06. The highest BCUT2D eigenvalue weighted by Crippen LogP contribution is 2.31. The van der Waals surface area contributed by atoms with Crippen LogP contribution >= 0.6 is 0 Å². The van der Waals surface area contributed by atoms with Crippen LogP contribution in [0.25, 0.3) is 22.0 Å². The molecule has 0 saturated carbocycles. The van der Waals surface area contributed by atoms with E-state index in [0.29, 0.717) is 23.2 Å². The number of allylic oxidation sites excluding steroid dienone is 1. The fourth-order valence-corrected chi connectivity index (χ4v) is 3.56. The van der Waals surface area contributed by atoms with E-state index >= 15 is 0 Å². The van der Waals surface area contributed by atoms with Gasteiger partial charge in [-0.15, -0.1) is 5.53 Å². The third-order valence-corrected chi connectivity index (χ3v) is 5.02. The van der Waals surface area contributed by atoms with Gasteiger partial charge in [-0.1, -0.05) is 37.3 Å². The van der Waals surface area contributed by atoms with Crippen LogP contribution in [0.5, 0.6) is 0 Å². The highest BCUT2D eigenvalue weighted by Gasteiger charge is 2.17. The Morgan fingerprint density at radius 1 is 1.17 bits per heavy atom. The molecule has 0 unspecified atom stereocenters. The molecule has 2 heterocycles. The lowest BCUT2D eigenvalue weighted by Crippen LogP contribution is -2.37. The molecule has 3 N–H and O–H groups in total. The van der Waals surface area contributed by atoms with Gasteiger partial charge in [-0.05, 0) is 35.7 Å². The molecule has 1 aromatic heterocycles. The van der Waals surface area contributed by atoms with E-state index in [4.69, 9.17) is 5.73 Å². The molecule has 3 aromatic rings. The molecular formula is C22H22FN5O. The van der Waals surface area contributed by atoms with Crippen LogP contribution in [0.4, 0.5) is 4.39 Å². The van der Waals surface area contributed by atoms with Gasteiger partial charge < -0.3 is 5.73 Å². The van der Waals surface area contributed by atoms with Crippen molar-refractivity contribution in [2.75, 3.05) is 7.05 Å². The molecule has 7 heteroatoms. The second-order valence-electron chi connectivity index (χ2n) is 7.01. The highest BCUT2D eigenvalue weighted by atomic mass is 19.1. The van der Waals surface area contributed by atoms with E-state index in [1.54, 1.807) is 24.3 Å². The van der Waals surface area contributed by atoms with Crippen LogP contribution in [-0.4, -0.2) is 28.0 Å². The van der Waals surface area contributed by atoms with Crippen LogP contribution in [0, 0.1) is 5.82 Å². The Labute approximate surface area is 168 Å². The normalized spacial score (nSPS) is 13.8. The predicted octanol–water partition coefficient (Wildman–Crippen LogP) is 3.56. The van der Waals surface area contributed by atoms with Crippen LogP contribution < -0.4 is 11.3 Å². The Morgan fingerprint density at radius 3 is 2.66 bits per heavy atom. The third-order valence-electron chi connectivity index (χ3n) is 5.02. The quantitative estimate of drug-likeness (QED) is 0.696. The molecule has 148 valence electrons. The number of nitrogens with zero attached hydrogens (tertiary/aromatic N) is 3. The fraction of sp³-hybridized carbons (Fsp3) is 0.182. The zero-order valence-electron chi connectivity index (χ0n) is 16.3. The van der Waals surface area contributed by atoms with E-state index in [9.17, 15) is 9.18 Å². The van der Waals surface area contributed by atoms with Crippen LogP contribution in [0.2, 0.25) is 0 Å². The first-order chi connectivity index (χ1) is 14.0. The summed E-state index contributed by atoms with van der Waals surface area (Å²) in [6, 6.07) is 13.8. The summed E-state index contributed by atoms with van der Waals surface area (Å²) in [6.07, 6.45) is 2.98. The molecule has 4 rings (SSSR count). The van der Waals surface area contributed by atoms with Crippen molar-refractivity contribution in [3.05, 3.63) is 77.5 Å². The van der Waals surface area contributed by atoms with Crippen LogP contribution in [0.1, 0.15) is 29.4 Å². The van der Waals surface area contributed by atoms with Crippen molar-refractivity contribution in [2.24, 2.45) is 5.73 Å². The van der Waals surface area contributed by atoms with E-state index in [-0.39, 0.29) is 11.5 Å². The molecule has 0 radical (unpaired) electrons. The summed E-state index contributed by atoms with van der Waals surface area (Å²) in [6.45, 7) is 2.71. The third kappa shape index (κ3) is 3.64.